The van der Waals surface area contributed by atoms with Gasteiger partial charge in [-0.2, -0.15) is 5.48 Å². The minimum Gasteiger partial charge on any atom is -0.313 e. The third-order valence-electron chi connectivity index (χ3n) is 3.06. The van der Waals surface area contributed by atoms with Gasteiger partial charge in [-0.25, -0.2) is 0 Å². The lowest BCUT2D eigenvalue weighted by Gasteiger charge is -2.34. The largest absolute Gasteiger partial charge is 0.313 e. The van der Waals surface area contributed by atoms with Crippen LogP contribution in [0.15, 0.2) is 24.9 Å². The Kier molecular flexibility index (Phi) is 5.22. The molecule has 1 saturated carbocycles. The van der Waals surface area contributed by atoms with Crippen molar-refractivity contribution >= 4 is 6.41 Å². The molecule has 1 aliphatic rings. The van der Waals surface area contributed by atoms with Crippen molar-refractivity contribution in [2.24, 2.45) is 0 Å². The number of nitrogens with zero attached hydrogens (tertiary/aromatic N) is 1. The number of allylic oxidation sites excluding steroid dienone is 1. The van der Waals surface area contributed by atoms with Crippen molar-refractivity contribution in [2.75, 3.05) is 7.11 Å². The molecule has 1 rings (SSSR count). The van der Waals surface area contributed by atoms with Crippen molar-refractivity contribution in [3.63, 3.8) is 0 Å². The minimum atomic E-state index is 0.248. The first-order valence-electron chi connectivity index (χ1n) is 5.56. The lowest BCUT2D eigenvalue weighted by Crippen LogP contribution is -2.40. The van der Waals surface area contributed by atoms with Gasteiger partial charge in [0.25, 0.3) is 0 Å². The third-order valence-corrected chi connectivity index (χ3v) is 3.06. The second-order valence-electron chi connectivity index (χ2n) is 4.04. The van der Waals surface area contributed by atoms with Gasteiger partial charge in [-0.15, -0.1) is 0 Å². The topological polar surface area (TPSA) is 41.6 Å². The van der Waals surface area contributed by atoms with Crippen molar-refractivity contribution in [1.29, 1.82) is 0 Å². The van der Waals surface area contributed by atoms with E-state index in [9.17, 15) is 4.79 Å². The highest BCUT2D eigenvalue weighted by molar-refractivity contribution is 5.53. The van der Waals surface area contributed by atoms with Crippen LogP contribution in [0.5, 0.6) is 0 Å². The lowest BCUT2D eigenvalue weighted by atomic mass is 9.90. The fourth-order valence-corrected chi connectivity index (χ4v) is 2.13. The summed E-state index contributed by atoms with van der Waals surface area (Å²) in [4.78, 5) is 17.6. The Hall–Kier alpha value is -1.13. The molecule has 0 aliphatic heterocycles. The van der Waals surface area contributed by atoms with Crippen LogP contribution in [0.25, 0.3) is 0 Å². The number of hydrogen-bond donors (Lipinski definition) is 1. The zero-order chi connectivity index (χ0) is 12.0. The number of carbonyl (C=O) groups is 1. The molecule has 0 spiro atoms. The molecule has 1 N–H and O–H groups in total. The van der Waals surface area contributed by atoms with Gasteiger partial charge >= 0.3 is 0 Å². The van der Waals surface area contributed by atoms with E-state index in [1.165, 1.54) is 0 Å². The van der Waals surface area contributed by atoms with Crippen LogP contribution >= 0.6 is 0 Å². The Morgan fingerprint density at radius 1 is 1.44 bits per heavy atom. The van der Waals surface area contributed by atoms with Crippen molar-refractivity contribution in [2.45, 2.75) is 37.8 Å². The second-order valence-corrected chi connectivity index (χ2v) is 4.04. The maximum absolute atomic E-state index is 11.0. The number of rotatable bonds is 6. The standard InChI is InChI=1S/C12H20N2O2/c1-4-10(2)14(9-15)12-7-5-11(6-8-12)13-16-3/h4,9,11-13H,1-2,5-8H2,3H3. The van der Waals surface area contributed by atoms with Gasteiger partial charge in [0.15, 0.2) is 0 Å². The maximum Gasteiger partial charge on any atom is 0.214 e. The van der Waals surface area contributed by atoms with Gasteiger partial charge in [0, 0.05) is 17.8 Å². The molecular weight excluding hydrogens is 204 g/mol. The smallest absolute Gasteiger partial charge is 0.214 e. The number of amides is 1. The molecule has 1 amide bonds. The molecular formula is C12H20N2O2. The number of carbonyl (C=O) groups excluding carboxylic acids is 1. The highest BCUT2D eigenvalue weighted by atomic mass is 16.6. The fraction of sp³-hybridized carbons (Fsp3) is 0.583. The highest BCUT2D eigenvalue weighted by Gasteiger charge is 2.25. The molecule has 16 heavy (non-hydrogen) atoms. The van der Waals surface area contributed by atoms with E-state index in [-0.39, 0.29) is 6.04 Å². The summed E-state index contributed by atoms with van der Waals surface area (Å²) in [6.45, 7) is 7.45. The molecule has 0 aromatic rings. The van der Waals surface area contributed by atoms with Gasteiger partial charge in [-0.05, 0) is 31.8 Å². The van der Waals surface area contributed by atoms with Gasteiger partial charge in [0.2, 0.25) is 6.41 Å². The molecule has 90 valence electrons. The molecule has 0 heterocycles. The van der Waals surface area contributed by atoms with E-state index >= 15 is 0 Å². The minimum absolute atomic E-state index is 0.248. The summed E-state index contributed by atoms with van der Waals surface area (Å²) in [5, 5.41) is 0. The zero-order valence-electron chi connectivity index (χ0n) is 9.82. The van der Waals surface area contributed by atoms with Gasteiger partial charge in [-0.3, -0.25) is 4.79 Å². The summed E-state index contributed by atoms with van der Waals surface area (Å²) >= 11 is 0. The van der Waals surface area contributed by atoms with Crippen LogP contribution in [0.3, 0.4) is 0 Å². The van der Waals surface area contributed by atoms with Crippen molar-refractivity contribution < 1.29 is 9.63 Å². The van der Waals surface area contributed by atoms with Crippen molar-refractivity contribution in [1.82, 2.24) is 10.4 Å². The van der Waals surface area contributed by atoms with E-state index in [0.717, 1.165) is 32.1 Å². The van der Waals surface area contributed by atoms with Gasteiger partial charge < -0.3 is 9.74 Å². The first-order valence-corrected chi connectivity index (χ1v) is 5.56. The van der Waals surface area contributed by atoms with E-state index in [0.29, 0.717) is 11.7 Å². The van der Waals surface area contributed by atoms with E-state index in [1.807, 2.05) is 0 Å². The number of hydrogen-bond acceptors (Lipinski definition) is 3. The SMILES string of the molecule is C=CC(=C)N(C=O)C1CCC(NOC)CC1. The van der Waals surface area contributed by atoms with Crippen LogP contribution in [-0.2, 0) is 9.63 Å². The highest BCUT2D eigenvalue weighted by Crippen LogP contribution is 2.24. The summed E-state index contributed by atoms with van der Waals surface area (Å²) in [7, 11) is 1.63. The quantitative estimate of drug-likeness (QED) is 0.423. The Morgan fingerprint density at radius 2 is 2.06 bits per heavy atom. The number of nitrogens with one attached hydrogen (secondary N) is 1. The molecule has 0 saturated heterocycles. The molecule has 0 bridgehead atoms. The summed E-state index contributed by atoms with van der Waals surface area (Å²) in [5.74, 6) is 0. The molecule has 1 aliphatic carbocycles. The van der Waals surface area contributed by atoms with Crippen LogP contribution in [0.1, 0.15) is 25.7 Å². The Morgan fingerprint density at radius 3 is 2.50 bits per heavy atom. The van der Waals surface area contributed by atoms with Crippen LogP contribution in [0.4, 0.5) is 0 Å². The molecule has 4 heteroatoms. The van der Waals surface area contributed by atoms with Gasteiger partial charge in [0.05, 0.1) is 7.11 Å². The summed E-state index contributed by atoms with van der Waals surface area (Å²) in [5.41, 5.74) is 3.63. The molecule has 4 nitrogen and oxygen atoms in total. The Labute approximate surface area is 96.9 Å². The van der Waals surface area contributed by atoms with E-state index in [2.05, 4.69) is 18.6 Å². The predicted molar refractivity (Wildman–Crippen MR) is 63.4 cm³/mol. The Balaban J connectivity index is 2.48. The van der Waals surface area contributed by atoms with Crippen LogP contribution in [0.2, 0.25) is 0 Å². The van der Waals surface area contributed by atoms with Gasteiger partial charge in [0.1, 0.15) is 0 Å². The molecule has 0 aromatic carbocycles. The summed E-state index contributed by atoms with van der Waals surface area (Å²) in [6.07, 6.45) is 6.41. The number of hydroxylamine groups is 1. The molecule has 0 atom stereocenters. The second kappa shape index (κ2) is 6.45. The normalized spacial score (nSPS) is 24.8. The van der Waals surface area contributed by atoms with E-state index in [4.69, 9.17) is 4.84 Å². The van der Waals surface area contributed by atoms with Crippen LogP contribution in [-0.4, -0.2) is 30.5 Å². The summed E-state index contributed by atoms with van der Waals surface area (Å²) in [6, 6.07) is 0.643. The average molecular weight is 224 g/mol. The van der Waals surface area contributed by atoms with E-state index < -0.39 is 0 Å². The van der Waals surface area contributed by atoms with Crippen LogP contribution < -0.4 is 5.48 Å². The summed E-state index contributed by atoms with van der Waals surface area (Å²) < 4.78 is 0. The first kappa shape index (κ1) is 12.9. The van der Waals surface area contributed by atoms with Crippen LogP contribution in [0, 0.1) is 0 Å². The molecule has 0 aromatic heterocycles. The molecule has 0 radical (unpaired) electrons. The van der Waals surface area contributed by atoms with Crippen molar-refractivity contribution in [3.8, 4) is 0 Å². The third kappa shape index (κ3) is 3.18. The molecule has 0 unspecified atom stereocenters. The van der Waals surface area contributed by atoms with Crippen molar-refractivity contribution in [3.05, 3.63) is 24.9 Å². The monoisotopic (exact) mass is 224 g/mol. The lowest BCUT2D eigenvalue weighted by molar-refractivity contribution is -0.118. The van der Waals surface area contributed by atoms with Gasteiger partial charge in [-0.1, -0.05) is 13.2 Å². The molecule has 1 fully saturated rings. The maximum atomic E-state index is 11.0. The first-order chi connectivity index (χ1) is 7.72. The Bertz CT molecular complexity index is 258. The predicted octanol–water partition coefficient (Wildman–Crippen LogP) is 1.61. The zero-order valence-corrected chi connectivity index (χ0v) is 9.82. The van der Waals surface area contributed by atoms with E-state index in [1.54, 1.807) is 18.1 Å². The fourth-order valence-electron chi connectivity index (χ4n) is 2.13. The average Bonchev–Trinajstić information content (AvgIpc) is 2.32.